The number of benzene rings is 1. The lowest BCUT2D eigenvalue weighted by Gasteiger charge is -2.26. The third-order valence-corrected chi connectivity index (χ3v) is 4.58. The zero-order valence-electron chi connectivity index (χ0n) is 16.1. The van der Waals surface area contributed by atoms with E-state index in [0.29, 0.717) is 23.5 Å². The molecular formula is C21H30O3. The quantitative estimate of drug-likeness (QED) is 0.373. The first-order valence-electron chi connectivity index (χ1n) is 8.33. The van der Waals surface area contributed by atoms with Crippen molar-refractivity contribution < 1.29 is 14.3 Å². The fraction of sp³-hybridized carbons (Fsp3) is 0.476. The molecule has 0 radical (unpaired) electrons. The summed E-state index contributed by atoms with van der Waals surface area (Å²) in [6.45, 7) is 16.3. The van der Waals surface area contributed by atoms with Crippen molar-refractivity contribution in [2.45, 2.75) is 54.4 Å². The lowest BCUT2D eigenvalue weighted by Crippen LogP contribution is -2.15. The van der Waals surface area contributed by atoms with Gasteiger partial charge in [-0.1, -0.05) is 45.9 Å². The Balaban J connectivity index is 3.14. The van der Waals surface area contributed by atoms with Crippen LogP contribution in [-0.4, -0.2) is 13.1 Å². The molecule has 3 heteroatoms. The van der Waals surface area contributed by atoms with Crippen molar-refractivity contribution in [1.82, 2.24) is 0 Å². The molecule has 0 spiro atoms. The molecule has 0 saturated carbocycles. The van der Waals surface area contributed by atoms with E-state index in [-0.39, 0.29) is 11.4 Å². The second kappa shape index (κ2) is 8.18. The predicted molar refractivity (Wildman–Crippen MR) is 99.4 cm³/mol. The van der Waals surface area contributed by atoms with Crippen LogP contribution in [0.25, 0.3) is 5.76 Å². The summed E-state index contributed by atoms with van der Waals surface area (Å²) in [4.78, 5) is 12.0. The second-order valence-corrected chi connectivity index (χ2v) is 7.06. The maximum Gasteiger partial charge on any atom is 0.336 e. The SMILES string of the molecule is C=C(O/C(CC(C)(C)CC)=C(\C)C(=O)OC)c1ccc(C)c(C)c1. The monoisotopic (exact) mass is 330 g/mol. The Hall–Kier alpha value is -2.03. The van der Waals surface area contributed by atoms with Crippen molar-refractivity contribution in [3.8, 4) is 0 Å². The summed E-state index contributed by atoms with van der Waals surface area (Å²) in [5.74, 6) is 0.796. The lowest BCUT2D eigenvalue weighted by atomic mass is 9.85. The second-order valence-electron chi connectivity index (χ2n) is 7.06. The predicted octanol–water partition coefficient (Wildman–Crippen LogP) is 5.56. The first-order valence-corrected chi connectivity index (χ1v) is 8.33. The van der Waals surface area contributed by atoms with Crippen molar-refractivity contribution in [3.05, 3.63) is 52.8 Å². The highest BCUT2D eigenvalue weighted by molar-refractivity contribution is 5.88. The maximum absolute atomic E-state index is 12.0. The summed E-state index contributed by atoms with van der Waals surface area (Å²) in [5.41, 5.74) is 3.83. The van der Waals surface area contributed by atoms with E-state index in [2.05, 4.69) is 41.2 Å². The molecule has 0 saturated heterocycles. The highest BCUT2D eigenvalue weighted by Gasteiger charge is 2.23. The molecule has 132 valence electrons. The van der Waals surface area contributed by atoms with Gasteiger partial charge in [0, 0.05) is 12.0 Å². The zero-order valence-corrected chi connectivity index (χ0v) is 16.1. The van der Waals surface area contributed by atoms with E-state index >= 15 is 0 Å². The van der Waals surface area contributed by atoms with Gasteiger partial charge in [0.15, 0.2) is 0 Å². The average Bonchev–Trinajstić information content (AvgIpc) is 2.54. The van der Waals surface area contributed by atoms with Crippen LogP contribution in [0.15, 0.2) is 36.1 Å². The van der Waals surface area contributed by atoms with Crippen LogP contribution in [0.5, 0.6) is 0 Å². The molecule has 0 bridgehead atoms. The number of carbonyl (C=O) groups is 1. The third-order valence-electron chi connectivity index (χ3n) is 4.58. The molecule has 1 rings (SSSR count). The molecule has 3 nitrogen and oxygen atoms in total. The van der Waals surface area contributed by atoms with Crippen molar-refractivity contribution in [2.24, 2.45) is 5.41 Å². The van der Waals surface area contributed by atoms with E-state index in [9.17, 15) is 4.79 Å². The summed E-state index contributed by atoms with van der Waals surface area (Å²) in [6.07, 6.45) is 1.62. The summed E-state index contributed by atoms with van der Waals surface area (Å²) < 4.78 is 10.9. The lowest BCUT2D eigenvalue weighted by molar-refractivity contribution is -0.136. The van der Waals surface area contributed by atoms with E-state index in [1.165, 1.54) is 18.2 Å². The molecule has 0 fully saturated rings. The van der Waals surface area contributed by atoms with Gasteiger partial charge in [-0.05, 0) is 43.4 Å². The Kier molecular flexibility index (Phi) is 6.82. The molecule has 24 heavy (non-hydrogen) atoms. The van der Waals surface area contributed by atoms with E-state index in [1.54, 1.807) is 6.92 Å². The molecular weight excluding hydrogens is 300 g/mol. The number of aryl methyl sites for hydroxylation is 2. The van der Waals surface area contributed by atoms with Gasteiger partial charge in [0.05, 0.1) is 12.7 Å². The van der Waals surface area contributed by atoms with Crippen LogP contribution in [0, 0.1) is 19.3 Å². The number of ether oxygens (including phenoxy) is 2. The van der Waals surface area contributed by atoms with Crippen molar-refractivity contribution in [1.29, 1.82) is 0 Å². The molecule has 0 atom stereocenters. The van der Waals surface area contributed by atoms with Crippen LogP contribution >= 0.6 is 0 Å². The minimum atomic E-state index is -0.371. The Bertz CT molecular complexity index is 651. The van der Waals surface area contributed by atoms with Gasteiger partial charge >= 0.3 is 5.97 Å². The van der Waals surface area contributed by atoms with Crippen LogP contribution in [0.1, 0.15) is 57.2 Å². The Labute approximate surface area is 146 Å². The number of allylic oxidation sites excluding steroid dienone is 1. The van der Waals surface area contributed by atoms with Gasteiger partial charge in [0.25, 0.3) is 0 Å². The smallest absolute Gasteiger partial charge is 0.336 e. The van der Waals surface area contributed by atoms with Crippen LogP contribution in [-0.2, 0) is 14.3 Å². The largest absolute Gasteiger partial charge is 0.466 e. The van der Waals surface area contributed by atoms with Crippen molar-refractivity contribution in [2.75, 3.05) is 7.11 Å². The first-order chi connectivity index (χ1) is 11.1. The Morgan fingerprint density at radius 1 is 1.21 bits per heavy atom. The third kappa shape index (κ3) is 5.26. The number of carbonyl (C=O) groups excluding carboxylic acids is 1. The molecule has 0 amide bonds. The topological polar surface area (TPSA) is 35.5 Å². The van der Waals surface area contributed by atoms with Crippen LogP contribution in [0.3, 0.4) is 0 Å². The van der Waals surface area contributed by atoms with Gasteiger partial charge in [-0.15, -0.1) is 0 Å². The highest BCUT2D eigenvalue weighted by Crippen LogP contribution is 2.33. The Morgan fingerprint density at radius 3 is 2.33 bits per heavy atom. The molecule has 1 aromatic carbocycles. The highest BCUT2D eigenvalue weighted by atomic mass is 16.5. The summed E-state index contributed by atoms with van der Waals surface area (Å²) in [5, 5.41) is 0. The maximum atomic E-state index is 12.0. The number of hydrogen-bond acceptors (Lipinski definition) is 3. The van der Waals surface area contributed by atoms with Gasteiger partial charge in [-0.3, -0.25) is 0 Å². The molecule has 0 aliphatic carbocycles. The van der Waals surface area contributed by atoms with Gasteiger partial charge in [0.1, 0.15) is 11.5 Å². The van der Waals surface area contributed by atoms with E-state index < -0.39 is 0 Å². The number of esters is 1. The molecule has 0 aliphatic rings. The van der Waals surface area contributed by atoms with E-state index in [1.807, 2.05) is 18.2 Å². The fourth-order valence-corrected chi connectivity index (χ4v) is 2.19. The van der Waals surface area contributed by atoms with E-state index in [0.717, 1.165) is 12.0 Å². The van der Waals surface area contributed by atoms with Gasteiger partial charge in [-0.25, -0.2) is 4.79 Å². The van der Waals surface area contributed by atoms with Crippen LogP contribution < -0.4 is 0 Å². The van der Waals surface area contributed by atoms with Crippen molar-refractivity contribution in [3.63, 3.8) is 0 Å². The van der Waals surface area contributed by atoms with E-state index in [4.69, 9.17) is 9.47 Å². The Morgan fingerprint density at radius 2 is 1.83 bits per heavy atom. The standard InChI is InChI=1S/C21H30O3/c1-9-21(6,7)13-19(16(4)20(22)23-8)24-17(5)18-11-10-14(2)15(3)12-18/h10-12H,5,9,13H2,1-4,6-8H3/b19-16+. The minimum absolute atomic E-state index is 0.0219. The summed E-state index contributed by atoms with van der Waals surface area (Å²) in [6, 6.07) is 6.08. The normalized spacial score (nSPS) is 12.5. The summed E-state index contributed by atoms with van der Waals surface area (Å²) >= 11 is 0. The van der Waals surface area contributed by atoms with Crippen LogP contribution in [0.4, 0.5) is 0 Å². The average molecular weight is 330 g/mol. The molecule has 0 aliphatic heterocycles. The molecule has 0 unspecified atom stereocenters. The zero-order chi connectivity index (χ0) is 18.5. The van der Waals surface area contributed by atoms with Gasteiger partial charge in [0.2, 0.25) is 0 Å². The van der Waals surface area contributed by atoms with Gasteiger partial charge in [-0.2, -0.15) is 0 Å². The number of methoxy groups -OCH3 is 1. The first kappa shape index (κ1) is 20.0. The van der Waals surface area contributed by atoms with Crippen LogP contribution in [0.2, 0.25) is 0 Å². The molecule has 0 N–H and O–H groups in total. The summed E-state index contributed by atoms with van der Waals surface area (Å²) in [7, 11) is 1.38. The molecule has 0 aromatic heterocycles. The minimum Gasteiger partial charge on any atom is -0.466 e. The molecule has 0 heterocycles. The molecule has 1 aromatic rings. The fourth-order valence-electron chi connectivity index (χ4n) is 2.19. The number of rotatable bonds is 7. The number of hydrogen-bond donors (Lipinski definition) is 0. The van der Waals surface area contributed by atoms with Gasteiger partial charge < -0.3 is 9.47 Å². The van der Waals surface area contributed by atoms with Crippen molar-refractivity contribution >= 4 is 11.7 Å².